The van der Waals surface area contributed by atoms with Crippen molar-refractivity contribution >= 4 is 5.91 Å². The monoisotopic (exact) mass is 294 g/mol. The normalized spacial score (nSPS) is 25.8. The van der Waals surface area contributed by atoms with Crippen LogP contribution in [0.4, 0.5) is 4.39 Å². The summed E-state index contributed by atoms with van der Waals surface area (Å²) in [4.78, 5) is 16.6. The van der Waals surface area contributed by atoms with E-state index in [1.165, 1.54) is 25.3 Å². The van der Waals surface area contributed by atoms with Gasteiger partial charge >= 0.3 is 0 Å². The van der Waals surface area contributed by atoms with Gasteiger partial charge in [0.2, 0.25) is 0 Å². The Hall–Kier alpha value is -1.66. The molecule has 1 aromatic rings. The van der Waals surface area contributed by atoms with Crippen LogP contribution in [0, 0.1) is 5.82 Å². The largest absolute Gasteiger partial charge is 0.496 e. The average molecular weight is 294 g/mol. The minimum atomic E-state index is -0.441. The van der Waals surface area contributed by atoms with Crippen molar-refractivity contribution in [3.8, 4) is 5.75 Å². The van der Waals surface area contributed by atoms with E-state index in [0.29, 0.717) is 25.4 Å². The Morgan fingerprint density at radius 2 is 2.24 bits per heavy atom. The first-order valence-corrected chi connectivity index (χ1v) is 7.05. The van der Waals surface area contributed by atoms with E-state index >= 15 is 0 Å². The summed E-state index contributed by atoms with van der Waals surface area (Å²) in [7, 11) is 3.52. The predicted octanol–water partition coefficient (Wildman–Crippen LogP) is 0.989. The molecule has 21 heavy (non-hydrogen) atoms. The SMILES string of the molecule is COc1ccc(F)cc1C(=O)N1C[C@H]2OCCN(C)[C@H]2C1. The highest BCUT2D eigenvalue weighted by Crippen LogP contribution is 2.26. The molecule has 2 saturated heterocycles. The second-order valence-electron chi connectivity index (χ2n) is 5.51. The Kier molecular flexibility index (Phi) is 3.82. The van der Waals surface area contributed by atoms with Crippen LogP contribution in [0.1, 0.15) is 10.4 Å². The molecule has 2 aliphatic rings. The summed E-state index contributed by atoms with van der Waals surface area (Å²) in [6, 6.07) is 4.21. The Balaban J connectivity index is 1.82. The number of amides is 1. The summed E-state index contributed by atoms with van der Waals surface area (Å²) in [5.41, 5.74) is 0.263. The highest BCUT2D eigenvalue weighted by molar-refractivity contribution is 5.97. The van der Waals surface area contributed by atoms with Gasteiger partial charge in [0.15, 0.2) is 0 Å². The molecule has 1 amide bonds. The van der Waals surface area contributed by atoms with Gasteiger partial charge in [-0.05, 0) is 25.2 Å². The molecular formula is C15H19FN2O3. The molecule has 2 fully saturated rings. The molecule has 0 aromatic heterocycles. The van der Waals surface area contributed by atoms with E-state index in [1.54, 1.807) is 4.90 Å². The lowest BCUT2D eigenvalue weighted by molar-refractivity contribution is -0.0368. The van der Waals surface area contributed by atoms with Gasteiger partial charge in [-0.1, -0.05) is 0 Å². The number of hydrogen-bond donors (Lipinski definition) is 0. The maximum Gasteiger partial charge on any atom is 0.257 e. The molecule has 114 valence electrons. The first-order chi connectivity index (χ1) is 10.1. The number of fused-ring (bicyclic) bond motifs is 1. The van der Waals surface area contributed by atoms with E-state index in [4.69, 9.17) is 9.47 Å². The van der Waals surface area contributed by atoms with Crippen LogP contribution in [0.25, 0.3) is 0 Å². The van der Waals surface area contributed by atoms with Crippen LogP contribution in [0.3, 0.4) is 0 Å². The van der Waals surface area contributed by atoms with Gasteiger partial charge in [-0.3, -0.25) is 9.69 Å². The summed E-state index contributed by atoms with van der Waals surface area (Å²) in [5.74, 6) is -0.257. The quantitative estimate of drug-likeness (QED) is 0.816. The summed E-state index contributed by atoms with van der Waals surface area (Å²) < 4.78 is 24.3. The molecule has 0 bridgehead atoms. The van der Waals surface area contributed by atoms with E-state index < -0.39 is 5.82 Å². The lowest BCUT2D eigenvalue weighted by atomic mass is 10.1. The fourth-order valence-corrected chi connectivity index (χ4v) is 3.04. The number of benzene rings is 1. The molecule has 0 spiro atoms. The third-order valence-corrected chi connectivity index (χ3v) is 4.26. The van der Waals surface area contributed by atoms with Crippen molar-refractivity contribution < 1.29 is 18.7 Å². The first-order valence-electron chi connectivity index (χ1n) is 7.05. The molecular weight excluding hydrogens is 275 g/mol. The topological polar surface area (TPSA) is 42.0 Å². The number of ether oxygens (including phenoxy) is 2. The van der Waals surface area contributed by atoms with Crippen molar-refractivity contribution in [1.29, 1.82) is 0 Å². The maximum absolute atomic E-state index is 13.4. The molecule has 2 atom stereocenters. The Morgan fingerprint density at radius 3 is 2.95 bits per heavy atom. The standard InChI is InChI=1S/C15H19FN2O3/c1-17-5-6-21-14-9-18(8-12(14)17)15(19)11-7-10(16)3-4-13(11)20-2/h3-4,7,12,14H,5-6,8-9H2,1-2H3/t12-,14+/m0/s1. The van der Waals surface area contributed by atoms with Crippen molar-refractivity contribution in [3.63, 3.8) is 0 Å². The van der Waals surface area contributed by atoms with Gasteiger partial charge in [0, 0.05) is 19.6 Å². The molecule has 5 nitrogen and oxygen atoms in total. The number of rotatable bonds is 2. The van der Waals surface area contributed by atoms with Crippen molar-refractivity contribution in [2.45, 2.75) is 12.1 Å². The number of nitrogens with zero attached hydrogens (tertiary/aromatic N) is 2. The number of likely N-dealkylation sites (N-methyl/N-ethyl adjacent to an activating group) is 1. The number of morpholine rings is 1. The lowest BCUT2D eigenvalue weighted by Gasteiger charge is -2.33. The third kappa shape index (κ3) is 2.61. The molecule has 0 unspecified atom stereocenters. The van der Waals surface area contributed by atoms with Crippen LogP contribution in [-0.4, -0.2) is 68.3 Å². The average Bonchev–Trinajstić information content (AvgIpc) is 2.92. The summed E-state index contributed by atoms with van der Waals surface area (Å²) in [5, 5.41) is 0. The molecule has 2 aliphatic heterocycles. The van der Waals surface area contributed by atoms with Crippen molar-refractivity contribution in [2.75, 3.05) is 40.4 Å². The van der Waals surface area contributed by atoms with Gasteiger partial charge in [-0.2, -0.15) is 0 Å². The van der Waals surface area contributed by atoms with E-state index in [-0.39, 0.29) is 23.6 Å². The number of carbonyl (C=O) groups excluding carboxylic acids is 1. The van der Waals surface area contributed by atoms with Gasteiger partial charge in [-0.15, -0.1) is 0 Å². The molecule has 0 aliphatic carbocycles. The van der Waals surface area contributed by atoms with Crippen LogP contribution in [-0.2, 0) is 4.74 Å². The number of carbonyl (C=O) groups is 1. The lowest BCUT2D eigenvalue weighted by Crippen LogP contribution is -2.48. The fourth-order valence-electron chi connectivity index (χ4n) is 3.04. The summed E-state index contributed by atoms with van der Waals surface area (Å²) in [6.45, 7) is 2.68. The van der Waals surface area contributed by atoms with Crippen molar-refractivity contribution in [2.24, 2.45) is 0 Å². The maximum atomic E-state index is 13.4. The second kappa shape index (κ2) is 5.61. The fraction of sp³-hybridized carbons (Fsp3) is 0.533. The zero-order chi connectivity index (χ0) is 15.0. The predicted molar refractivity (Wildman–Crippen MR) is 75.0 cm³/mol. The number of hydrogen-bond acceptors (Lipinski definition) is 4. The van der Waals surface area contributed by atoms with Crippen molar-refractivity contribution in [3.05, 3.63) is 29.6 Å². The number of likely N-dealkylation sites (tertiary alicyclic amines) is 1. The van der Waals surface area contributed by atoms with Gasteiger partial charge in [0.25, 0.3) is 5.91 Å². The Bertz CT molecular complexity index is 552. The number of methoxy groups -OCH3 is 1. The van der Waals surface area contributed by atoms with Crippen molar-refractivity contribution in [1.82, 2.24) is 9.80 Å². The summed E-state index contributed by atoms with van der Waals surface area (Å²) in [6.07, 6.45) is 0.0345. The highest BCUT2D eigenvalue weighted by atomic mass is 19.1. The second-order valence-corrected chi connectivity index (χ2v) is 5.51. The molecule has 3 rings (SSSR count). The van der Waals surface area contributed by atoms with E-state index in [0.717, 1.165) is 6.54 Å². The smallest absolute Gasteiger partial charge is 0.257 e. The number of halogens is 1. The summed E-state index contributed by atoms with van der Waals surface area (Å²) >= 11 is 0. The minimum absolute atomic E-state index is 0.0345. The van der Waals surface area contributed by atoms with E-state index in [1.807, 2.05) is 7.05 Å². The van der Waals surface area contributed by atoms with Gasteiger partial charge in [-0.25, -0.2) is 4.39 Å². The Labute approximate surface area is 123 Å². The molecule has 1 aromatic carbocycles. The van der Waals surface area contributed by atoms with Gasteiger partial charge < -0.3 is 14.4 Å². The highest BCUT2D eigenvalue weighted by Gasteiger charge is 2.41. The zero-order valence-electron chi connectivity index (χ0n) is 12.2. The van der Waals surface area contributed by atoms with Crippen LogP contribution >= 0.6 is 0 Å². The molecule has 2 heterocycles. The third-order valence-electron chi connectivity index (χ3n) is 4.26. The zero-order valence-corrected chi connectivity index (χ0v) is 12.2. The molecule has 0 radical (unpaired) electrons. The van der Waals surface area contributed by atoms with Gasteiger partial charge in [0.05, 0.1) is 31.4 Å². The van der Waals surface area contributed by atoms with Gasteiger partial charge in [0.1, 0.15) is 11.6 Å². The Morgan fingerprint density at radius 1 is 1.43 bits per heavy atom. The van der Waals surface area contributed by atoms with Crippen LogP contribution in [0.5, 0.6) is 5.75 Å². The van der Waals surface area contributed by atoms with E-state index in [2.05, 4.69) is 4.90 Å². The molecule has 6 heteroatoms. The van der Waals surface area contributed by atoms with Crippen LogP contribution in [0.2, 0.25) is 0 Å². The minimum Gasteiger partial charge on any atom is -0.496 e. The van der Waals surface area contributed by atoms with Crippen LogP contribution in [0.15, 0.2) is 18.2 Å². The first kappa shape index (κ1) is 14.3. The molecule has 0 saturated carbocycles. The molecule has 0 N–H and O–H groups in total. The van der Waals surface area contributed by atoms with E-state index in [9.17, 15) is 9.18 Å². The van der Waals surface area contributed by atoms with Crippen LogP contribution < -0.4 is 4.74 Å².